The van der Waals surface area contributed by atoms with Gasteiger partial charge in [-0.15, -0.1) is 0 Å². The number of fused-ring (bicyclic) bond motifs is 1. The Balaban J connectivity index is 1.42. The van der Waals surface area contributed by atoms with Crippen LogP contribution in [0.15, 0.2) is 71.5 Å². The van der Waals surface area contributed by atoms with Crippen LogP contribution in [0.25, 0.3) is 16.9 Å². The highest BCUT2D eigenvalue weighted by Gasteiger charge is 2.14. The Morgan fingerprint density at radius 1 is 1.00 bits per heavy atom. The molecule has 2 aromatic carbocycles. The maximum Gasteiger partial charge on any atom is 0.356 e. The molecule has 4 aromatic rings. The van der Waals surface area contributed by atoms with E-state index in [-0.39, 0.29) is 24.5 Å². The Morgan fingerprint density at radius 2 is 1.80 bits per heavy atom. The molecule has 0 unspecified atom stereocenters. The number of carbonyl (C=O) groups excluding carboxylic acids is 1. The molecule has 0 aliphatic carbocycles. The molecule has 8 nitrogen and oxygen atoms in total. The molecule has 0 radical (unpaired) electrons. The maximum atomic E-state index is 12.4. The number of methoxy groups -OCH3 is 1. The summed E-state index contributed by atoms with van der Waals surface area (Å²) in [5.74, 6) is 0.686. The number of nitrogens with one attached hydrogen (secondary N) is 1. The first-order valence-corrected chi connectivity index (χ1v) is 9.26. The van der Waals surface area contributed by atoms with Crippen LogP contribution >= 0.6 is 0 Å². The second kappa shape index (κ2) is 8.52. The number of nitrogens with zero attached hydrogens (tertiary/aromatic N) is 2. The predicted molar refractivity (Wildman–Crippen MR) is 110 cm³/mol. The number of H-pyrrole nitrogens is 1. The molecular weight excluding hydrogens is 386 g/mol. The molecule has 0 aliphatic heterocycles. The molecule has 0 spiro atoms. The zero-order valence-corrected chi connectivity index (χ0v) is 16.2. The average Bonchev–Trinajstić information content (AvgIpc) is 3.22. The van der Waals surface area contributed by atoms with Crippen LogP contribution in [0.4, 0.5) is 0 Å². The molecule has 0 bridgehead atoms. The molecule has 2 heterocycles. The van der Waals surface area contributed by atoms with Gasteiger partial charge in [0.15, 0.2) is 5.65 Å². The zero-order chi connectivity index (χ0) is 20.9. The number of ether oxygens (including phenoxy) is 3. The number of esters is 1. The predicted octanol–water partition coefficient (Wildman–Crippen LogP) is 2.93. The normalized spacial score (nSPS) is 10.7. The molecule has 0 saturated heterocycles. The molecule has 4 rings (SSSR count). The highest BCUT2D eigenvalue weighted by molar-refractivity contribution is 5.88. The lowest BCUT2D eigenvalue weighted by Crippen LogP contribution is -2.16. The van der Waals surface area contributed by atoms with E-state index in [2.05, 4.69) is 10.1 Å². The van der Waals surface area contributed by atoms with Gasteiger partial charge in [-0.3, -0.25) is 9.89 Å². The van der Waals surface area contributed by atoms with Gasteiger partial charge in [-0.2, -0.15) is 0 Å². The van der Waals surface area contributed by atoms with Crippen LogP contribution in [0.2, 0.25) is 0 Å². The molecule has 0 atom stereocenters. The largest absolute Gasteiger partial charge is 0.497 e. The minimum Gasteiger partial charge on any atom is -0.497 e. The van der Waals surface area contributed by atoms with Crippen LogP contribution in [-0.4, -0.2) is 40.9 Å². The van der Waals surface area contributed by atoms with E-state index in [1.54, 1.807) is 25.3 Å². The number of benzene rings is 2. The lowest BCUT2D eigenvalue weighted by atomic mass is 10.1. The topological polar surface area (TPSA) is 94.9 Å². The number of carbonyl (C=O) groups is 1. The third-order valence-corrected chi connectivity index (χ3v) is 4.37. The van der Waals surface area contributed by atoms with Crippen molar-refractivity contribution in [2.75, 3.05) is 20.3 Å². The van der Waals surface area contributed by atoms with Gasteiger partial charge in [0, 0.05) is 23.8 Å². The SMILES string of the molecule is COc1cccc(OCCOC(=O)c2cc3nc(-c4ccccc4)cc(=O)n3[nH]2)c1. The molecule has 0 amide bonds. The summed E-state index contributed by atoms with van der Waals surface area (Å²) in [6.45, 7) is 0.221. The van der Waals surface area contributed by atoms with E-state index in [4.69, 9.17) is 14.2 Å². The molecular formula is C22H19N3O5. The number of aromatic amines is 1. The molecule has 30 heavy (non-hydrogen) atoms. The summed E-state index contributed by atoms with van der Waals surface area (Å²) in [6.07, 6.45) is 0. The van der Waals surface area contributed by atoms with Gasteiger partial charge in [0.2, 0.25) is 0 Å². The van der Waals surface area contributed by atoms with Crippen LogP contribution < -0.4 is 15.0 Å². The van der Waals surface area contributed by atoms with Crippen molar-refractivity contribution >= 4 is 11.6 Å². The molecule has 0 fully saturated rings. The van der Waals surface area contributed by atoms with E-state index >= 15 is 0 Å². The summed E-state index contributed by atoms with van der Waals surface area (Å²) in [6, 6.07) is 19.4. The minimum atomic E-state index is -0.601. The van der Waals surface area contributed by atoms with Gasteiger partial charge in [-0.1, -0.05) is 36.4 Å². The monoisotopic (exact) mass is 405 g/mol. The fourth-order valence-corrected chi connectivity index (χ4v) is 2.92. The van der Waals surface area contributed by atoms with Gasteiger partial charge in [0.25, 0.3) is 5.56 Å². The van der Waals surface area contributed by atoms with Gasteiger partial charge in [0.05, 0.1) is 12.8 Å². The Hall–Kier alpha value is -4.07. The number of aromatic nitrogens is 3. The van der Waals surface area contributed by atoms with Gasteiger partial charge in [-0.05, 0) is 12.1 Å². The van der Waals surface area contributed by atoms with Crippen LogP contribution in [0.3, 0.4) is 0 Å². The molecule has 2 aromatic heterocycles. The van der Waals surface area contributed by atoms with Crippen molar-refractivity contribution in [3.05, 3.63) is 82.8 Å². The molecule has 0 saturated carbocycles. The van der Waals surface area contributed by atoms with Crippen molar-refractivity contribution in [3.8, 4) is 22.8 Å². The maximum absolute atomic E-state index is 12.4. The Labute approximate surface area is 171 Å². The molecule has 152 valence electrons. The highest BCUT2D eigenvalue weighted by Crippen LogP contribution is 2.19. The lowest BCUT2D eigenvalue weighted by molar-refractivity contribution is 0.0443. The lowest BCUT2D eigenvalue weighted by Gasteiger charge is -2.08. The van der Waals surface area contributed by atoms with E-state index in [1.807, 2.05) is 36.4 Å². The third kappa shape index (κ3) is 4.17. The summed E-state index contributed by atoms with van der Waals surface area (Å²) >= 11 is 0. The van der Waals surface area contributed by atoms with Crippen molar-refractivity contribution in [1.82, 2.24) is 14.6 Å². The van der Waals surface area contributed by atoms with Crippen LogP contribution in [-0.2, 0) is 4.74 Å². The molecule has 0 aliphatic rings. The minimum absolute atomic E-state index is 0.0446. The smallest absolute Gasteiger partial charge is 0.356 e. The van der Waals surface area contributed by atoms with Crippen molar-refractivity contribution in [2.45, 2.75) is 0 Å². The standard InChI is InChI=1S/C22H19N3O5/c1-28-16-8-5-9-17(12-16)29-10-11-30-22(27)19-13-20-23-18(14-21(26)25(20)24-19)15-6-3-2-4-7-15/h2-9,12-14,24H,10-11H2,1H3. The third-order valence-electron chi connectivity index (χ3n) is 4.37. The first-order chi connectivity index (χ1) is 14.6. The van der Waals surface area contributed by atoms with Crippen LogP contribution in [0, 0.1) is 0 Å². The Kier molecular flexibility index (Phi) is 5.47. The van der Waals surface area contributed by atoms with Crippen LogP contribution in [0.5, 0.6) is 11.5 Å². The number of hydrogen-bond acceptors (Lipinski definition) is 6. The molecule has 8 heteroatoms. The molecule has 1 N–H and O–H groups in total. The van der Waals surface area contributed by atoms with Crippen LogP contribution in [0.1, 0.15) is 10.5 Å². The van der Waals surface area contributed by atoms with Gasteiger partial charge in [-0.25, -0.2) is 14.3 Å². The first kappa shape index (κ1) is 19.3. The van der Waals surface area contributed by atoms with Gasteiger partial charge < -0.3 is 14.2 Å². The Bertz CT molecular complexity index is 1230. The van der Waals surface area contributed by atoms with E-state index in [0.717, 1.165) is 5.56 Å². The second-order valence-corrected chi connectivity index (χ2v) is 6.37. The van der Waals surface area contributed by atoms with E-state index < -0.39 is 5.97 Å². The average molecular weight is 405 g/mol. The first-order valence-electron chi connectivity index (χ1n) is 9.26. The highest BCUT2D eigenvalue weighted by atomic mass is 16.6. The summed E-state index contributed by atoms with van der Waals surface area (Å²) in [5, 5.41) is 2.73. The summed E-state index contributed by atoms with van der Waals surface area (Å²) in [5.41, 5.74) is 1.50. The summed E-state index contributed by atoms with van der Waals surface area (Å²) in [7, 11) is 1.57. The van der Waals surface area contributed by atoms with Gasteiger partial charge in [0.1, 0.15) is 30.4 Å². The second-order valence-electron chi connectivity index (χ2n) is 6.37. The Morgan fingerprint density at radius 3 is 2.60 bits per heavy atom. The fraction of sp³-hybridized carbons (Fsp3) is 0.136. The van der Waals surface area contributed by atoms with Crippen molar-refractivity contribution in [3.63, 3.8) is 0 Å². The van der Waals surface area contributed by atoms with E-state index in [9.17, 15) is 9.59 Å². The van der Waals surface area contributed by atoms with E-state index in [1.165, 1.54) is 16.6 Å². The van der Waals surface area contributed by atoms with Crippen molar-refractivity contribution in [2.24, 2.45) is 0 Å². The number of hydrogen-bond donors (Lipinski definition) is 1. The van der Waals surface area contributed by atoms with E-state index in [0.29, 0.717) is 22.8 Å². The summed E-state index contributed by atoms with van der Waals surface area (Å²) in [4.78, 5) is 29.2. The quantitative estimate of drug-likeness (QED) is 0.375. The number of rotatable bonds is 7. The summed E-state index contributed by atoms with van der Waals surface area (Å²) < 4.78 is 17.1. The van der Waals surface area contributed by atoms with Gasteiger partial charge >= 0.3 is 5.97 Å². The fourth-order valence-electron chi connectivity index (χ4n) is 2.92. The van der Waals surface area contributed by atoms with Crippen molar-refractivity contribution < 1.29 is 19.0 Å². The zero-order valence-electron chi connectivity index (χ0n) is 16.2. The van der Waals surface area contributed by atoms with Crippen molar-refractivity contribution in [1.29, 1.82) is 0 Å².